The van der Waals surface area contributed by atoms with Gasteiger partial charge in [0, 0.05) is 11.4 Å². The number of hydrogen-bond donors (Lipinski definition) is 2. The van der Waals surface area contributed by atoms with Gasteiger partial charge in [-0.05, 0) is 36.1 Å². The van der Waals surface area contributed by atoms with Crippen LogP contribution >= 0.6 is 11.3 Å². The third-order valence-corrected chi connectivity index (χ3v) is 6.46. The molecule has 0 aliphatic carbocycles. The van der Waals surface area contributed by atoms with Crippen molar-refractivity contribution < 1.29 is 13.5 Å². The number of aryl methyl sites for hydroxylation is 2. The van der Waals surface area contributed by atoms with E-state index in [0.29, 0.717) is 4.88 Å². The van der Waals surface area contributed by atoms with E-state index < -0.39 is 10.0 Å². The first-order valence-corrected chi connectivity index (χ1v) is 9.04. The van der Waals surface area contributed by atoms with Gasteiger partial charge in [0.25, 0.3) is 0 Å². The van der Waals surface area contributed by atoms with Gasteiger partial charge in [-0.15, -0.1) is 11.3 Å². The molecule has 1 heterocycles. The predicted molar refractivity (Wildman–Crippen MR) is 84.8 cm³/mol. The lowest BCUT2D eigenvalue weighted by Gasteiger charge is -2.09. The maximum atomic E-state index is 12.3. The molecule has 0 radical (unpaired) electrons. The van der Waals surface area contributed by atoms with Crippen LogP contribution in [0.25, 0.3) is 0 Å². The fourth-order valence-electron chi connectivity index (χ4n) is 2.10. The van der Waals surface area contributed by atoms with Crippen LogP contribution in [0, 0.1) is 6.92 Å². The highest BCUT2D eigenvalue weighted by atomic mass is 32.2. The monoisotopic (exact) mass is 325 g/mol. The van der Waals surface area contributed by atoms with Gasteiger partial charge in [0.05, 0.1) is 6.61 Å². The van der Waals surface area contributed by atoms with Crippen molar-refractivity contribution in [2.24, 2.45) is 0 Å². The lowest BCUT2D eigenvalue weighted by molar-refractivity contribution is 0.285. The van der Waals surface area contributed by atoms with Crippen LogP contribution < -0.4 is 4.72 Å². The standard InChI is InChI=1S/C15H19NO3S2/c1-3-12-6-4-5-7-13(12)9-16-21(18,19)15-8-11(2)14(10-17)20-15/h4-8,16-17H,3,9-10H2,1-2H3. The Morgan fingerprint density at radius 1 is 1.24 bits per heavy atom. The van der Waals surface area contributed by atoms with E-state index in [2.05, 4.69) is 4.72 Å². The molecular formula is C15H19NO3S2. The number of hydrogen-bond acceptors (Lipinski definition) is 4. The van der Waals surface area contributed by atoms with E-state index in [-0.39, 0.29) is 17.4 Å². The van der Waals surface area contributed by atoms with E-state index in [4.69, 9.17) is 5.11 Å². The summed E-state index contributed by atoms with van der Waals surface area (Å²) in [7, 11) is -3.54. The lowest BCUT2D eigenvalue weighted by atomic mass is 10.1. The van der Waals surface area contributed by atoms with Crippen LogP contribution in [-0.2, 0) is 29.6 Å². The van der Waals surface area contributed by atoms with Crippen molar-refractivity contribution >= 4 is 21.4 Å². The minimum Gasteiger partial charge on any atom is -0.391 e. The fraction of sp³-hybridized carbons (Fsp3) is 0.333. The molecule has 21 heavy (non-hydrogen) atoms. The zero-order valence-corrected chi connectivity index (χ0v) is 13.7. The van der Waals surface area contributed by atoms with Crippen molar-refractivity contribution in [2.45, 2.75) is 37.6 Å². The molecule has 0 atom stereocenters. The molecule has 1 aromatic carbocycles. The highest BCUT2D eigenvalue weighted by Gasteiger charge is 2.18. The van der Waals surface area contributed by atoms with Crippen molar-refractivity contribution in [3.8, 4) is 0 Å². The number of aliphatic hydroxyl groups excluding tert-OH is 1. The van der Waals surface area contributed by atoms with Gasteiger partial charge in [0.15, 0.2) is 0 Å². The molecule has 6 heteroatoms. The molecule has 0 unspecified atom stereocenters. The van der Waals surface area contributed by atoms with Gasteiger partial charge >= 0.3 is 0 Å². The summed E-state index contributed by atoms with van der Waals surface area (Å²) in [5, 5.41) is 9.17. The molecule has 0 saturated carbocycles. The molecular weight excluding hydrogens is 306 g/mol. The first kappa shape index (κ1) is 16.2. The second-order valence-corrected chi connectivity index (χ2v) is 7.91. The van der Waals surface area contributed by atoms with Crippen LogP contribution in [0.1, 0.15) is 28.5 Å². The molecule has 1 aromatic heterocycles. The third-order valence-electron chi connectivity index (χ3n) is 3.36. The first-order valence-electron chi connectivity index (χ1n) is 6.74. The van der Waals surface area contributed by atoms with Crippen LogP contribution in [0.5, 0.6) is 0 Å². The van der Waals surface area contributed by atoms with Crippen molar-refractivity contribution in [1.29, 1.82) is 0 Å². The number of aliphatic hydroxyl groups is 1. The van der Waals surface area contributed by atoms with Crippen molar-refractivity contribution in [3.05, 3.63) is 51.9 Å². The molecule has 114 valence electrons. The fourth-order valence-corrected chi connectivity index (χ4v) is 4.60. The highest BCUT2D eigenvalue weighted by Crippen LogP contribution is 2.26. The van der Waals surface area contributed by atoms with Crippen LogP contribution in [0.2, 0.25) is 0 Å². The Balaban J connectivity index is 2.17. The summed E-state index contributed by atoms with van der Waals surface area (Å²) in [6.45, 7) is 3.99. The van der Waals surface area contributed by atoms with Crippen LogP contribution in [0.15, 0.2) is 34.5 Å². The topological polar surface area (TPSA) is 66.4 Å². The average Bonchev–Trinajstić information content (AvgIpc) is 2.87. The zero-order chi connectivity index (χ0) is 15.5. The van der Waals surface area contributed by atoms with E-state index in [9.17, 15) is 8.42 Å². The quantitative estimate of drug-likeness (QED) is 0.858. The van der Waals surface area contributed by atoms with Gasteiger partial charge in [-0.2, -0.15) is 0 Å². The largest absolute Gasteiger partial charge is 0.391 e. The average molecular weight is 325 g/mol. The summed E-state index contributed by atoms with van der Waals surface area (Å²) in [6.07, 6.45) is 0.866. The molecule has 0 spiro atoms. The maximum Gasteiger partial charge on any atom is 0.250 e. The second kappa shape index (κ2) is 6.70. The third kappa shape index (κ3) is 3.71. The molecule has 4 nitrogen and oxygen atoms in total. The Morgan fingerprint density at radius 2 is 1.90 bits per heavy atom. The van der Waals surface area contributed by atoms with Gasteiger partial charge in [-0.1, -0.05) is 31.2 Å². The Kier molecular flexibility index (Phi) is 5.16. The zero-order valence-electron chi connectivity index (χ0n) is 12.1. The van der Waals surface area contributed by atoms with Crippen LogP contribution in [0.4, 0.5) is 0 Å². The van der Waals surface area contributed by atoms with Crippen LogP contribution in [-0.4, -0.2) is 13.5 Å². The smallest absolute Gasteiger partial charge is 0.250 e. The van der Waals surface area contributed by atoms with Crippen molar-refractivity contribution in [1.82, 2.24) is 4.72 Å². The number of sulfonamides is 1. The first-order chi connectivity index (χ1) is 9.97. The molecule has 2 N–H and O–H groups in total. The van der Waals surface area contributed by atoms with Crippen LogP contribution in [0.3, 0.4) is 0 Å². The minimum absolute atomic E-state index is 0.134. The van der Waals surface area contributed by atoms with E-state index in [1.807, 2.05) is 31.2 Å². The van der Waals surface area contributed by atoms with E-state index in [1.165, 1.54) is 0 Å². The maximum absolute atomic E-state index is 12.3. The summed E-state index contributed by atoms with van der Waals surface area (Å²) < 4.78 is 27.5. The Bertz CT molecular complexity index is 720. The molecule has 0 saturated heterocycles. The summed E-state index contributed by atoms with van der Waals surface area (Å²) in [5.41, 5.74) is 2.93. The molecule has 0 fully saturated rings. The van der Waals surface area contributed by atoms with E-state index >= 15 is 0 Å². The number of benzene rings is 1. The molecule has 2 rings (SSSR count). The summed E-state index contributed by atoms with van der Waals surface area (Å²) in [5.74, 6) is 0. The predicted octanol–water partition coefficient (Wildman–Crippen LogP) is 2.59. The van der Waals surface area contributed by atoms with E-state index in [1.54, 1.807) is 13.0 Å². The molecule has 0 aliphatic rings. The lowest BCUT2D eigenvalue weighted by Crippen LogP contribution is -2.23. The molecule has 0 aliphatic heterocycles. The number of rotatable bonds is 6. The van der Waals surface area contributed by atoms with E-state index in [0.717, 1.165) is 34.4 Å². The Hall–Kier alpha value is -1.21. The van der Waals surface area contributed by atoms with Gasteiger partial charge < -0.3 is 5.11 Å². The van der Waals surface area contributed by atoms with Gasteiger partial charge in [0.2, 0.25) is 10.0 Å². The van der Waals surface area contributed by atoms with Gasteiger partial charge in [0.1, 0.15) is 4.21 Å². The summed E-state index contributed by atoms with van der Waals surface area (Å²) >= 11 is 1.11. The number of thiophene rings is 1. The highest BCUT2D eigenvalue weighted by molar-refractivity contribution is 7.91. The molecule has 0 amide bonds. The minimum atomic E-state index is -3.54. The molecule has 0 bridgehead atoms. The van der Waals surface area contributed by atoms with Gasteiger partial charge in [-0.3, -0.25) is 0 Å². The SMILES string of the molecule is CCc1ccccc1CNS(=O)(=O)c1cc(C)c(CO)s1. The number of nitrogens with one attached hydrogen (secondary N) is 1. The summed E-state index contributed by atoms with van der Waals surface area (Å²) in [6, 6.07) is 9.39. The van der Waals surface area contributed by atoms with Crippen molar-refractivity contribution in [3.63, 3.8) is 0 Å². The Morgan fingerprint density at radius 3 is 2.48 bits per heavy atom. The van der Waals surface area contributed by atoms with Gasteiger partial charge in [-0.25, -0.2) is 13.1 Å². The van der Waals surface area contributed by atoms with Crippen molar-refractivity contribution in [2.75, 3.05) is 0 Å². The summed E-state index contributed by atoms with van der Waals surface area (Å²) in [4.78, 5) is 0.685. The normalized spacial score (nSPS) is 11.8. The molecule has 2 aromatic rings. The second-order valence-electron chi connectivity index (χ2n) is 4.78. The Labute approximate surface area is 129 Å².